The third-order valence-corrected chi connectivity index (χ3v) is 3.62. The maximum atomic E-state index is 11.8. The monoisotopic (exact) mass is 286 g/mol. The van der Waals surface area contributed by atoms with Crippen LogP contribution in [0.25, 0.3) is 0 Å². The van der Waals surface area contributed by atoms with Crippen molar-refractivity contribution in [2.75, 3.05) is 6.54 Å². The van der Waals surface area contributed by atoms with E-state index >= 15 is 0 Å². The van der Waals surface area contributed by atoms with Gasteiger partial charge in [-0.2, -0.15) is 0 Å². The summed E-state index contributed by atoms with van der Waals surface area (Å²) in [5.74, 6) is 0.730. The normalized spacial score (nSPS) is 12.8. The molecule has 1 unspecified atom stereocenters. The highest BCUT2D eigenvalue weighted by molar-refractivity contribution is 5.74. The average molecular weight is 286 g/mol. The Morgan fingerprint density at radius 3 is 2.05 bits per heavy atom. The van der Waals surface area contributed by atoms with Crippen molar-refractivity contribution in [2.24, 2.45) is 17.8 Å². The molecule has 0 aromatic carbocycles. The number of carboxylic acid groups (broad SMARTS) is 1. The Labute approximate surface area is 122 Å². The van der Waals surface area contributed by atoms with Crippen molar-refractivity contribution in [3.8, 4) is 0 Å². The van der Waals surface area contributed by atoms with Crippen LogP contribution in [0.15, 0.2) is 0 Å². The van der Waals surface area contributed by atoms with E-state index in [4.69, 9.17) is 5.11 Å². The first-order valence-corrected chi connectivity index (χ1v) is 7.50. The third-order valence-electron chi connectivity index (χ3n) is 3.62. The lowest BCUT2D eigenvalue weighted by atomic mass is 9.85. The minimum Gasteiger partial charge on any atom is -0.481 e. The SMILES string of the molecule is CC(CCCC(=O)O)NC(=O)NCC(C(C)C)C(C)C. The molecule has 0 aliphatic rings. The molecular weight excluding hydrogens is 256 g/mol. The molecule has 0 aliphatic heterocycles. The Morgan fingerprint density at radius 1 is 1.05 bits per heavy atom. The van der Waals surface area contributed by atoms with Gasteiger partial charge in [0.25, 0.3) is 0 Å². The second-order valence-electron chi connectivity index (χ2n) is 6.19. The van der Waals surface area contributed by atoms with E-state index in [1.165, 1.54) is 0 Å². The lowest BCUT2D eigenvalue weighted by molar-refractivity contribution is -0.137. The van der Waals surface area contributed by atoms with Crippen LogP contribution in [0.4, 0.5) is 4.79 Å². The number of carbonyl (C=O) groups is 2. The minimum atomic E-state index is -0.793. The molecule has 5 nitrogen and oxygen atoms in total. The summed E-state index contributed by atoms with van der Waals surface area (Å²) in [4.78, 5) is 22.2. The van der Waals surface area contributed by atoms with E-state index < -0.39 is 5.97 Å². The summed E-state index contributed by atoms with van der Waals surface area (Å²) in [6.07, 6.45) is 1.41. The molecule has 20 heavy (non-hydrogen) atoms. The van der Waals surface area contributed by atoms with Gasteiger partial charge in [-0.15, -0.1) is 0 Å². The van der Waals surface area contributed by atoms with Crippen LogP contribution in [0.1, 0.15) is 53.9 Å². The quantitative estimate of drug-likeness (QED) is 0.610. The van der Waals surface area contributed by atoms with Gasteiger partial charge in [0.1, 0.15) is 0 Å². The van der Waals surface area contributed by atoms with Crippen LogP contribution in [0.3, 0.4) is 0 Å². The number of hydrogen-bond donors (Lipinski definition) is 3. The molecule has 0 saturated carbocycles. The van der Waals surface area contributed by atoms with E-state index in [0.717, 1.165) is 0 Å². The highest BCUT2D eigenvalue weighted by atomic mass is 16.4. The molecule has 0 aromatic heterocycles. The number of amides is 2. The van der Waals surface area contributed by atoms with Crippen molar-refractivity contribution in [3.63, 3.8) is 0 Å². The summed E-state index contributed by atoms with van der Waals surface area (Å²) in [6.45, 7) is 11.2. The molecular formula is C15H30N2O3. The van der Waals surface area contributed by atoms with Gasteiger partial charge in [-0.3, -0.25) is 4.79 Å². The van der Waals surface area contributed by atoms with E-state index in [9.17, 15) is 9.59 Å². The van der Waals surface area contributed by atoms with Gasteiger partial charge in [-0.1, -0.05) is 27.7 Å². The predicted octanol–water partition coefficient (Wildman–Crippen LogP) is 2.86. The minimum absolute atomic E-state index is 0.00843. The Kier molecular flexibility index (Phi) is 9.01. The van der Waals surface area contributed by atoms with Crippen molar-refractivity contribution in [1.82, 2.24) is 10.6 Å². The number of nitrogens with one attached hydrogen (secondary N) is 2. The highest BCUT2D eigenvalue weighted by Gasteiger charge is 2.18. The summed E-state index contributed by atoms with van der Waals surface area (Å²) in [5, 5.41) is 14.3. The molecule has 0 spiro atoms. The second kappa shape index (κ2) is 9.61. The number of urea groups is 1. The number of aliphatic carboxylic acids is 1. The van der Waals surface area contributed by atoms with Crippen molar-refractivity contribution in [1.29, 1.82) is 0 Å². The van der Waals surface area contributed by atoms with Crippen LogP contribution in [0, 0.1) is 17.8 Å². The van der Waals surface area contributed by atoms with E-state index in [-0.39, 0.29) is 18.5 Å². The lowest BCUT2D eigenvalue weighted by Gasteiger charge is -2.25. The average Bonchev–Trinajstić information content (AvgIpc) is 2.27. The molecule has 2 amide bonds. The molecule has 0 rings (SSSR count). The largest absolute Gasteiger partial charge is 0.481 e. The molecule has 0 heterocycles. The van der Waals surface area contributed by atoms with Crippen molar-refractivity contribution in [2.45, 2.75) is 59.9 Å². The van der Waals surface area contributed by atoms with E-state index in [1.54, 1.807) is 0 Å². The first kappa shape index (κ1) is 18.7. The van der Waals surface area contributed by atoms with Crippen LogP contribution in [-0.4, -0.2) is 29.7 Å². The molecule has 0 aromatic rings. The Balaban J connectivity index is 3.94. The standard InChI is InChI=1S/C15H30N2O3/c1-10(2)13(11(3)4)9-16-15(20)17-12(5)7-6-8-14(18)19/h10-13H,6-9H2,1-5H3,(H,18,19)(H2,16,17,20). The van der Waals surface area contributed by atoms with Gasteiger partial charge in [-0.05, 0) is 37.5 Å². The summed E-state index contributed by atoms with van der Waals surface area (Å²) < 4.78 is 0. The second-order valence-corrected chi connectivity index (χ2v) is 6.19. The van der Waals surface area contributed by atoms with Gasteiger partial charge in [0.2, 0.25) is 0 Å². The topological polar surface area (TPSA) is 78.4 Å². The van der Waals surface area contributed by atoms with Gasteiger partial charge in [0, 0.05) is 19.0 Å². The Hall–Kier alpha value is -1.26. The van der Waals surface area contributed by atoms with E-state index in [1.807, 2.05) is 6.92 Å². The number of carbonyl (C=O) groups excluding carboxylic acids is 1. The van der Waals surface area contributed by atoms with Gasteiger partial charge in [-0.25, -0.2) is 4.79 Å². The first-order chi connectivity index (χ1) is 9.23. The highest BCUT2D eigenvalue weighted by Crippen LogP contribution is 2.19. The van der Waals surface area contributed by atoms with Crippen LogP contribution in [0.2, 0.25) is 0 Å². The van der Waals surface area contributed by atoms with Crippen LogP contribution in [0.5, 0.6) is 0 Å². The van der Waals surface area contributed by atoms with Crippen molar-refractivity contribution < 1.29 is 14.7 Å². The fraction of sp³-hybridized carbons (Fsp3) is 0.867. The molecule has 118 valence electrons. The zero-order chi connectivity index (χ0) is 15.7. The van der Waals surface area contributed by atoms with E-state index in [2.05, 4.69) is 38.3 Å². The summed E-state index contributed by atoms with van der Waals surface area (Å²) in [7, 11) is 0. The first-order valence-electron chi connectivity index (χ1n) is 7.50. The number of rotatable bonds is 9. The smallest absolute Gasteiger partial charge is 0.315 e. The maximum Gasteiger partial charge on any atom is 0.315 e. The van der Waals surface area contributed by atoms with Gasteiger partial charge >= 0.3 is 12.0 Å². The molecule has 3 N–H and O–H groups in total. The van der Waals surface area contributed by atoms with Gasteiger partial charge in [0.05, 0.1) is 0 Å². The molecule has 0 bridgehead atoms. The summed E-state index contributed by atoms with van der Waals surface area (Å²) >= 11 is 0. The number of hydrogen-bond acceptors (Lipinski definition) is 2. The Bertz CT molecular complexity index is 295. The summed E-state index contributed by atoms with van der Waals surface area (Å²) in [5.41, 5.74) is 0. The van der Waals surface area contributed by atoms with Gasteiger partial charge < -0.3 is 15.7 Å². The molecule has 5 heteroatoms. The lowest BCUT2D eigenvalue weighted by Crippen LogP contribution is -2.43. The van der Waals surface area contributed by atoms with Crippen molar-refractivity contribution >= 4 is 12.0 Å². The van der Waals surface area contributed by atoms with Crippen LogP contribution in [-0.2, 0) is 4.79 Å². The zero-order valence-corrected chi connectivity index (χ0v) is 13.4. The molecule has 0 fully saturated rings. The van der Waals surface area contributed by atoms with Gasteiger partial charge in [0.15, 0.2) is 0 Å². The molecule has 1 atom stereocenters. The maximum absolute atomic E-state index is 11.8. The van der Waals surface area contributed by atoms with Crippen LogP contribution < -0.4 is 10.6 Å². The zero-order valence-electron chi connectivity index (χ0n) is 13.4. The fourth-order valence-corrected chi connectivity index (χ4v) is 2.36. The Morgan fingerprint density at radius 2 is 1.60 bits per heavy atom. The number of carboxylic acids is 1. The molecule has 0 radical (unpaired) electrons. The van der Waals surface area contributed by atoms with Crippen LogP contribution >= 0.6 is 0 Å². The predicted molar refractivity (Wildman–Crippen MR) is 80.6 cm³/mol. The molecule has 0 saturated heterocycles. The molecule has 0 aliphatic carbocycles. The van der Waals surface area contributed by atoms with Crippen molar-refractivity contribution in [3.05, 3.63) is 0 Å². The summed E-state index contributed by atoms with van der Waals surface area (Å²) in [6, 6.07) is -0.176. The fourth-order valence-electron chi connectivity index (χ4n) is 2.36. The third kappa shape index (κ3) is 8.77. The van der Waals surface area contributed by atoms with E-state index in [0.29, 0.717) is 37.1 Å².